The molecule has 0 aromatic carbocycles. The standard InChI is InChI=1S/C16H34O2/c1-5-9-12-13-16(8-4,17-14-10-6-2)18-15-11-7-3/h5-15H2,1-4H3. The van der Waals surface area contributed by atoms with Crippen molar-refractivity contribution in [2.75, 3.05) is 13.2 Å². The van der Waals surface area contributed by atoms with E-state index >= 15 is 0 Å². The molecular formula is C16H34O2. The molecule has 2 heteroatoms. The molecule has 0 heterocycles. The Morgan fingerprint density at radius 2 is 1.17 bits per heavy atom. The van der Waals surface area contributed by atoms with Gasteiger partial charge in [-0.05, 0) is 25.7 Å². The Labute approximate surface area is 114 Å². The van der Waals surface area contributed by atoms with Gasteiger partial charge in [-0.2, -0.15) is 0 Å². The Morgan fingerprint density at radius 1 is 0.667 bits per heavy atom. The lowest BCUT2D eigenvalue weighted by Gasteiger charge is -2.33. The molecule has 0 aliphatic rings. The zero-order chi connectivity index (χ0) is 13.7. The molecule has 0 radical (unpaired) electrons. The van der Waals surface area contributed by atoms with Crippen LogP contribution < -0.4 is 0 Å². The molecule has 0 saturated heterocycles. The van der Waals surface area contributed by atoms with E-state index in [-0.39, 0.29) is 5.79 Å². The normalized spacial score (nSPS) is 12.0. The second-order valence-electron chi connectivity index (χ2n) is 5.13. The summed E-state index contributed by atoms with van der Waals surface area (Å²) in [6, 6.07) is 0. The Bertz CT molecular complexity index is 142. The summed E-state index contributed by atoms with van der Waals surface area (Å²) in [6.45, 7) is 10.5. The SMILES string of the molecule is CCCCCC(CC)(OCCCC)OCCCC. The van der Waals surface area contributed by atoms with E-state index < -0.39 is 0 Å². The number of hydrogen-bond donors (Lipinski definition) is 0. The fraction of sp³-hybridized carbons (Fsp3) is 1.00. The van der Waals surface area contributed by atoms with Gasteiger partial charge in [0.1, 0.15) is 0 Å². The van der Waals surface area contributed by atoms with Crippen LogP contribution in [0.1, 0.15) is 85.5 Å². The highest BCUT2D eigenvalue weighted by Crippen LogP contribution is 2.26. The largest absolute Gasteiger partial charge is 0.350 e. The summed E-state index contributed by atoms with van der Waals surface area (Å²) in [5, 5.41) is 0. The summed E-state index contributed by atoms with van der Waals surface area (Å²) >= 11 is 0. The lowest BCUT2D eigenvalue weighted by molar-refractivity contribution is -0.244. The van der Waals surface area contributed by atoms with Gasteiger partial charge in [-0.3, -0.25) is 0 Å². The zero-order valence-corrected chi connectivity index (χ0v) is 13.1. The molecule has 0 unspecified atom stereocenters. The van der Waals surface area contributed by atoms with Crippen LogP contribution in [0, 0.1) is 0 Å². The van der Waals surface area contributed by atoms with Gasteiger partial charge in [0, 0.05) is 6.42 Å². The average Bonchev–Trinajstić information content (AvgIpc) is 2.39. The summed E-state index contributed by atoms with van der Waals surface area (Å²) < 4.78 is 12.2. The molecule has 0 aromatic heterocycles. The van der Waals surface area contributed by atoms with Crippen LogP contribution in [-0.2, 0) is 9.47 Å². The van der Waals surface area contributed by atoms with E-state index in [1.54, 1.807) is 0 Å². The fourth-order valence-corrected chi connectivity index (χ4v) is 2.02. The van der Waals surface area contributed by atoms with E-state index in [0.29, 0.717) is 0 Å². The molecule has 0 saturated carbocycles. The van der Waals surface area contributed by atoms with E-state index in [1.807, 2.05) is 0 Å². The van der Waals surface area contributed by atoms with Crippen molar-refractivity contribution in [3.63, 3.8) is 0 Å². The first-order valence-electron chi connectivity index (χ1n) is 8.02. The second kappa shape index (κ2) is 12.0. The van der Waals surface area contributed by atoms with Crippen LogP contribution in [0.5, 0.6) is 0 Å². The lowest BCUT2D eigenvalue weighted by atomic mass is 10.0. The third-order valence-electron chi connectivity index (χ3n) is 3.43. The minimum Gasteiger partial charge on any atom is -0.350 e. The molecule has 2 nitrogen and oxygen atoms in total. The van der Waals surface area contributed by atoms with Crippen LogP contribution >= 0.6 is 0 Å². The number of unbranched alkanes of at least 4 members (excludes halogenated alkanes) is 4. The molecule has 0 aliphatic carbocycles. The third kappa shape index (κ3) is 8.10. The van der Waals surface area contributed by atoms with Crippen molar-refractivity contribution >= 4 is 0 Å². The topological polar surface area (TPSA) is 18.5 Å². The molecule has 0 N–H and O–H groups in total. The maximum atomic E-state index is 6.09. The van der Waals surface area contributed by atoms with Crippen LogP contribution in [-0.4, -0.2) is 19.0 Å². The van der Waals surface area contributed by atoms with Gasteiger partial charge in [-0.15, -0.1) is 0 Å². The summed E-state index contributed by atoms with van der Waals surface area (Å²) in [6.07, 6.45) is 10.4. The first-order valence-corrected chi connectivity index (χ1v) is 8.02. The van der Waals surface area contributed by atoms with E-state index in [9.17, 15) is 0 Å². The van der Waals surface area contributed by atoms with Crippen LogP contribution in [0.3, 0.4) is 0 Å². The number of rotatable bonds is 13. The monoisotopic (exact) mass is 258 g/mol. The van der Waals surface area contributed by atoms with Gasteiger partial charge in [-0.1, -0.05) is 53.4 Å². The Morgan fingerprint density at radius 3 is 1.56 bits per heavy atom. The van der Waals surface area contributed by atoms with Crippen molar-refractivity contribution in [1.82, 2.24) is 0 Å². The van der Waals surface area contributed by atoms with Crippen molar-refractivity contribution in [1.29, 1.82) is 0 Å². The van der Waals surface area contributed by atoms with E-state index in [4.69, 9.17) is 9.47 Å². The van der Waals surface area contributed by atoms with Gasteiger partial charge in [0.2, 0.25) is 0 Å². The molecule has 0 bridgehead atoms. The Kier molecular flexibility index (Phi) is 11.9. The quantitative estimate of drug-likeness (QED) is 0.329. The molecule has 0 aromatic rings. The maximum Gasteiger partial charge on any atom is 0.168 e. The molecule has 0 atom stereocenters. The second-order valence-corrected chi connectivity index (χ2v) is 5.13. The summed E-state index contributed by atoms with van der Waals surface area (Å²) in [4.78, 5) is 0. The Balaban J connectivity index is 4.20. The summed E-state index contributed by atoms with van der Waals surface area (Å²) in [5.74, 6) is -0.306. The highest BCUT2D eigenvalue weighted by atomic mass is 16.7. The zero-order valence-electron chi connectivity index (χ0n) is 13.1. The smallest absolute Gasteiger partial charge is 0.168 e. The number of hydrogen-bond acceptors (Lipinski definition) is 2. The first kappa shape index (κ1) is 17.9. The summed E-state index contributed by atoms with van der Waals surface area (Å²) in [7, 11) is 0. The molecule has 0 aliphatic heterocycles. The maximum absolute atomic E-state index is 6.09. The average molecular weight is 258 g/mol. The molecule has 0 spiro atoms. The highest BCUT2D eigenvalue weighted by Gasteiger charge is 2.29. The predicted octanol–water partition coefficient (Wildman–Crippen LogP) is 5.31. The van der Waals surface area contributed by atoms with Crippen LogP contribution in [0.15, 0.2) is 0 Å². The van der Waals surface area contributed by atoms with Crippen LogP contribution in [0.2, 0.25) is 0 Å². The molecule has 0 amide bonds. The fourth-order valence-electron chi connectivity index (χ4n) is 2.02. The Hall–Kier alpha value is -0.0800. The summed E-state index contributed by atoms with van der Waals surface area (Å²) in [5.41, 5.74) is 0. The van der Waals surface area contributed by atoms with Crippen LogP contribution in [0.4, 0.5) is 0 Å². The van der Waals surface area contributed by atoms with E-state index in [2.05, 4.69) is 27.7 Å². The third-order valence-corrected chi connectivity index (χ3v) is 3.43. The predicted molar refractivity (Wildman–Crippen MR) is 78.9 cm³/mol. The molecule has 110 valence electrons. The van der Waals surface area contributed by atoms with Gasteiger partial charge < -0.3 is 9.47 Å². The van der Waals surface area contributed by atoms with Crippen molar-refractivity contribution in [2.24, 2.45) is 0 Å². The van der Waals surface area contributed by atoms with Gasteiger partial charge >= 0.3 is 0 Å². The first-order chi connectivity index (χ1) is 8.74. The van der Waals surface area contributed by atoms with Crippen molar-refractivity contribution in [2.45, 2.75) is 91.3 Å². The van der Waals surface area contributed by atoms with Gasteiger partial charge in [-0.25, -0.2) is 0 Å². The van der Waals surface area contributed by atoms with Crippen molar-refractivity contribution in [3.8, 4) is 0 Å². The van der Waals surface area contributed by atoms with E-state index in [1.165, 1.54) is 32.1 Å². The van der Waals surface area contributed by atoms with E-state index in [0.717, 1.165) is 38.9 Å². The van der Waals surface area contributed by atoms with Gasteiger partial charge in [0.15, 0.2) is 5.79 Å². The van der Waals surface area contributed by atoms with Gasteiger partial charge in [0.25, 0.3) is 0 Å². The molecular weight excluding hydrogens is 224 g/mol. The molecule has 0 rings (SSSR count). The van der Waals surface area contributed by atoms with Crippen molar-refractivity contribution < 1.29 is 9.47 Å². The van der Waals surface area contributed by atoms with Crippen LogP contribution in [0.25, 0.3) is 0 Å². The molecule has 0 fully saturated rings. The highest BCUT2D eigenvalue weighted by molar-refractivity contribution is 4.69. The minimum atomic E-state index is -0.306. The van der Waals surface area contributed by atoms with Crippen molar-refractivity contribution in [3.05, 3.63) is 0 Å². The molecule has 18 heavy (non-hydrogen) atoms. The minimum absolute atomic E-state index is 0.306. The number of ether oxygens (including phenoxy) is 2. The lowest BCUT2D eigenvalue weighted by Crippen LogP contribution is -2.36. The van der Waals surface area contributed by atoms with Gasteiger partial charge in [0.05, 0.1) is 13.2 Å².